The maximum absolute atomic E-state index is 5.48. The summed E-state index contributed by atoms with van der Waals surface area (Å²) in [6, 6.07) is 66.1. The molecule has 0 aliphatic heterocycles. The summed E-state index contributed by atoms with van der Waals surface area (Å²) in [5.41, 5.74) is 13.8. The summed E-state index contributed by atoms with van der Waals surface area (Å²) in [5.74, 6) is 0.671. The Kier molecular flexibility index (Phi) is 6.56. The molecule has 0 unspecified atom stereocenters. The SMILES string of the molecule is c1ccc(-c2ccc3sc4c(-c5ccccc5)nc(-n5c6ccccc6c6cc(-c7ccc8c(c7)c7cccc9c%10sc%11ccccc%11c%10n8c79)ccc65)nc4c3c2)cc1. The lowest BCUT2D eigenvalue weighted by molar-refractivity contribution is 1.02. The van der Waals surface area contributed by atoms with Gasteiger partial charge in [-0.15, -0.1) is 22.7 Å². The van der Waals surface area contributed by atoms with Crippen LogP contribution in [0.2, 0.25) is 0 Å². The molecule has 0 fully saturated rings. The molecule has 0 amide bonds. The van der Waals surface area contributed by atoms with Gasteiger partial charge in [-0.25, -0.2) is 9.97 Å². The second-order valence-corrected chi connectivity index (χ2v) is 17.8. The molecule has 6 heteroatoms. The average molecular weight is 799 g/mol. The molecule has 0 radical (unpaired) electrons. The first-order valence-electron chi connectivity index (χ1n) is 20.2. The van der Waals surface area contributed by atoms with E-state index in [9.17, 15) is 0 Å². The van der Waals surface area contributed by atoms with Crippen LogP contribution in [0.5, 0.6) is 0 Å². The fourth-order valence-corrected chi connectivity index (χ4v) is 12.1. The van der Waals surface area contributed by atoms with Crippen molar-refractivity contribution >= 4 is 112 Å². The molecule has 0 aliphatic carbocycles. The van der Waals surface area contributed by atoms with Crippen molar-refractivity contribution in [2.75, 3.05) is 0 Å². The molecule has 0 bridgehead atoms. The summed E-state index contributed by atoms with van der Waals surface area (Å²) in [4.78, 5) is 10.9. The van der Waals surface area contributed by atoms with Crippen LogP contribution >= 0.6 is 22.7 Å². The van der Waals surface area contributed by atoms with Crippen molar-refractivity contribution in [3.63, 3.8) is 0 Å². The quantitative estimate of drug-likeness (QED) is 0.178. The molecular formula is C54H30N4S2. The Labute approximate surface area is 350 Å². The summed E-state index contributed by atoms with van der Waals surface area (Å²) in [6.07, 6.45) is 0. The van der Waals surface area contributed by atoms with Crippen LogP contribution < -0.4 is 0 Å². The zero-order valence-electron chi connectivity index (χ0n) is 31.9. The van der Waals surface area contributed by atoms with Crippen molar-refractivity contribution < 1.29 is 0 Å². The van der Waals surface area contributed by atoms with Crippen molar-refractivity contribution in [2.45, 2.75) is 0 Å². The highest BCUT2D eigenvalue weighted by molar-refractivity contribution is 7.27. The van der Waals surface area contributed by atoms with E-state index in [0.717, 1.165) is 37.9 Å². The molecule has 6 aromatic heterocycles. The number of hydrogen-bond donors (Lipinski definition) is 0. The normalized spacial score (nSPS) is 12.3. The Morgan fingerprint density at radius 1 is 0.350 bits per heavy atom. The zero-order chi connectivity index (χ0) is 39.1. The van der Waals surface area contributed by atoms with Crippen LogP contribution in [0.4, 0.5) is 0 Å². The molecule has 0 N–H and O–H groups in total. The Morgan fingerprint density at radius 3 is 1.77 bits per heavy atom. The van der Waals surface area contributed by atoms with Gasteiger partial charge in [0.25, 0.3) is 0 Å². The van der Waals surface area contributed by atoms with Gasteiger partial charge in [0.1, 0.15) is 0 Å². The third kappa shape index (κ3) is 4.44. The molecule has 4 nitrogen and oxygen atoms in total. The van der Waals surface area contributed by atoms with Gasteiger partial charge in [-0.05, 0) is 70.8 Å². The molecular weight excluding hydrogens is 769 g/mol. The van der Waals surface area contributed by atoms with Crippen molar-refractivity contribution in [2.24, 2.45) is 0 Å². The number of thiophene rings is 2. The highest BCUT2D eigenvalue weighted by atomic mass is 32.1. The van der Waals surface area contributed by atoms with Crippen LogP contribution in [0.15, 0.2) is 182 Å². The van der Waals surface area contributed by atoms with E-state index in [-0.39, 0.29) is 0 Å². The molecule has 278 valence electrons. The van der Waals surface area contributed by atoms with Gasteiger partial charge in [-0.2, -0.15) is 0 Å². The molecule has 8 aromatic carbocycles. The third-order valence-electron chi connectivity index (χ3n) is 12.5. The van der Waals surface area contributed by atoms with Crippen molar-refractivity contribution in [3.8, 4) is 39.5 Å². The van der Waals surface area contributed by atoms with Gasteiger partial charge in [-0.1, -0.05) is 133 Å². The maximum atomic E-state index is 5.48. The average Bonchev–Trinajstić information content (AvgIpc) is 4.11. The van der Waals surface area contributed by atoms with Gasteiger partial charge in [-0.3, -0.25) is 4.57 Å². The monoisotopic (exact) mass is 798 g/mol. The molecule has 60 heavy (non-hydrogen) atoms. The highest BCUT2D eigenvalue weighted by Gasteiger charge is 2.23. The summed E-state index contributed by atoms with van der Waals surface area (Å²) in [7, 11) is 0. The molecule has 14 rings (SSSR count). The van der Waals surface area contributed by atoms with Gasteiger partial charge in [0.15, 0.2) is 0 Å². The van der Waals surface area contributed by atoms with E-state index in [0.29, 0.717) is 5.95 Å². The molecule has 0 spiro atoms. The van der Waals surface area contributed by atoms with Crippen LogP contribution in [-0.4, -0.2) is 18.9 Å². The largest absolute Gasteiger partial charge is 0.306 e. The van der Waals surface area contributed by atoms with Crippen LogP contribution in [0.1, 0.15) is 0 Å². The fraction of sp³-hybridized carbons (Fsp3) is 0. The van der Waals surface area contributed by atoms with Gasteiger partial charge >= 0.3 is 0 Å². The Hall–Kier alpha value is -7.38. The van der Waals surface area contributed by atoms with Crippen molar-refractivity contribution in [1.82, 2.24) is 18.9 Å². The van der Waals surface area contributed by atoms with E-state index in [1.54, 1.807) is 11.3 Å². The third-order valence-corrected chi connectivity index (χ3v) is 14.8. The molecule has 0 atom stereocenters. The summed E-state index contributed by atoms with van der Waals surface area (Å²) >= 11 is 3.67. The van der Waals surface area contributed by atoms with Crippen LogP contribution in [0, 0.1) is 0 Å². The standard InChI is InChI=1S/C54H30N4S2/c1-3-12-31(13-4-1)33-24-27-47-42(30-33)49-53(60-47)48(32-14-5-2-6-15-32)55-54(56-49)57-43-20-9-7-16-36(43)40-28-34(22-25-44(40)57)35-23-26-45-41(29-35)37-18-11-19-39-50(37)58(45)51-38-17-8-10-21-46(38)59-52(39)51/h1-30H. The Balaban J connectivity index is 0.983. The first kappa shape index (κ1) is 32.6. The zero-order valence-corrected chi connectivity index (χ0v) is 33.6. The van der Waals surface area contributed by atoms with E-state index in [2.05, 4.69) is 191 Å². The number of rotatable bonds is 4. The fourth-order valence-electron chi connectivity index (χ4n) is 9.80. The predicted octanol–water partition coefficient (Wildman–Crippen LogP) is 15.3. The van der Waals surface area contributed by atoms with E-state index in [1.165, 1.54) is 85.2 Å². The summed E-state index contributed by atoms with van der Waals surface area (Å²) in [5, 5.41) is 8.73. The minimum Gasteiger partial charge on any atom is -0.306 e. The number of hydrogen-bond acceptors (Lipinski definition) is 4. The summed E-state index contributed by atoms with van der Waals surface area (Å²) < 4.78 is 9.77. The van der Waals surface area contributed by atoms with Crippen molar-refractivity contribution in [3.05, 3.63) is 182 Å². The lowest BCUT2D eigenvalue weighted by Crippen LogP contribution is -2.02. The van der Waals surface area contributed by atoms with Gasteiger partial charge in [0.05, 0.1) is 48.2 Å². The number of aromatic nitrogens is 4. The topological polar surface area (TPSA) is 35.1 Å². The maximum Gasteiger partial charge on any atom is 0.235 e. The molecule has 14 aromatic rings. The van der Waals surface area contributed by atoms with E-state index >= 15 is 0 Å². The van der Waals surface area contributed by atoms with Gasteiger partial charge < -0.3 is 4.40 Å². The number of fused-ring (bicyclic) bond motifs is 14. The number of para-hydroxylation sites is 2. The van der Waals surface area contributed by atoms with Crippen molar-refractivity contribution in [1.29, 1.82) is 0 Å². The lowest BCUT2D eigenvalue weighted by Gasteiger charge is -2.10. The number of benzene rings is 8. The molecule has 0 saturated carbocycles. The van der Waals surface area contributed by atoms with Crippen LogP contribution in [-0.2, 0) is 0 Å². The minimum absolute atomic E-state index is 0.671. The smallest absolute Gasteiger partial charge is 0.235 e. The van der Waals surface area contributed by atoms with E-state index in [4.69, 9.17) is 9.97 Å². The lowest BCUT2D eigenvalue weighted by atomic mass is 10.0. The second-order valence-electron chi connectivity index (χ2n) is 15.7. The molecule has 6 heterocycles. The Morgan fingerprint density at radius 2 is 0.933 bits per heavy atom. The number of nitrogens with zero attached hydrogens (tertiary/aromatic N) is 4. The minimum atomic E-state index is 0.671. The van der Waals surface area contributed by atoms with Crippen LogP contribution in [0.3, 0.4) is 0 Å². The first-order chi connectivity index (χ1) is 29.7. The van der Waals surface area contributed by atoms with Gasteiger partial charge in [0.2, 0.25) is 5.95 Å². The van der Waals surface area contributed by atoms with E-state index < -0.39 is 0 Å². The Bertz CT molecular complexity index is 4060. The molecule has 0 aliphatic rings. The van der Waals surface area contributed by atoms with E-state index in [1.807, 2.05) is 11.3 Å². The highest BCUT2D eigenvalue weighted by Crippen LogP contribution is 2.47. The predicted molar refractivity (Wildman–Crippen MR) is 256 cm³/mol. The van der Waals surface area contributed by atoms with Crippen LogP contribution in [0.25, 0.3) is 129 Å². The van der Waals surface area contributed by atoms with Gasteiger partial charge in [0, 0.05) is 52.7 Å². The summed E-state index contributed by atoms with van der Waals surface area (Å²) in [6.45, 7) is 0. The molecule has 0 saturated heterocycles. The second kappa shape index (κ2) is 12.1. The first-order valence-corrected chi connectivity index (χ1v) is 21.9.